The average Bonchev–Trinajstić information content (AvgIpc) is 2.71. The molecule has 0 radical (unpaired) electrons. The molecule has 4 aromatic carbocycles. The summed E-state index contributed by atoms with van der Waals surface area (Å²) in [7, 11) is 0. The smallest absolute Gasteiger partial charge is 0.135 e. The lowest BCUT2D eigenvalue weighted by Gasteiger charge is -2.12. The third-order valence-corrected chi connectivity index (χ3v) is 4.00. The van der Waals surface area contributed by atoms with Crippen LogP contribution in [0.3, 0.4) is 0 Å². The highest BCUT2D eigenvalue weighted by Gasteiger charge is 2.07. The molecule has 0 aliphatic rings. The van der Waals surface area contributed by atoms with E-state index in [0.717, 1.165) is 34.1 Å². The molecule has 0 amide bonds. The molecule has 0 saturated carbocycles. The van der Waals surface area contributed by atoms with Crippen molar-refractivity contribution in [2.45, 2.75) is 0 Å². The summed E-state index contributed by atoms with van der Waals surface area (Å²) in [6.07, 6.45) is 0. The van der Waals surface area contributed by atoms with Crippen LogP contribution < -0.4 is 9.47 Å². The Morgan fingerprint density at radius 1 is 0.385 bits per heavy atom. The number of benzene rings is 4. The molecule has 0 N–H and O–H groups in total. The molecule has 2 heteroatoms. The van der Waals surface area contributed by atoms with Crippen molar-refractivity contribution in [1.82, 2.24) is 0 Å². The Balaban J connectivity index is 1.53. The Labute approximate surface area is 153 Å². The van der Waals surface area contributed by atoms with Gasteiger partial charge in [0.15, 0.2) is 0 Å². The third-order valence-electron chi connectivity index (χ3n) is 4.00. The highest BCUT2D eigenvalue weighted by molar-refractivity contribution is 5.70. The minimum absolute atomic E-state index is 0.772. The summed E-state index contributed by atoms with van der Waals surface area (Å²) in [5, 5.41) is 0. The molecule has 26 heavy (non-hydrogen) atoms. The maximum Gasteiger partial charge on any atom is 0.135 e. The molecule has 4 rings (SSSR count). The van der Waals surface area contributed by atoms with E-state index in [9.17, 15) is 0 Å². The molecule has 4 aromatic rings. The normalized spacial score (nSPS) is 10.3. The Morgan fingerprint density at radius 2 is 0.885 bits per heavy atom. The van der Waals surface area contributed by atoms with E-state index in [4.69, 9.17) is 9.47 Å². The van der Waals surface area contributed by atoms with Crippen LogP contribution in [-0.2, 0) is 0 Å². The first-order valence-electron chi connectivity index (χ1n) is 8.54. The van der Waals surface area contributed by atoms with Gasteiger partial charge in [-0.3, -0.25) is 0 Å². The van der Waals surface area contributed by atoms with Crippen LogP contribution in [0.25, 0.3) is 11.1 Å². The van der Waals surface area contributed by atoms with E-state index >= 15 is 0 Å². The molecule has 0 saturated heterocycles. The summed E-state index contributed by atoms with van der Waals surface area (Å²) < 4.78 is 11.9. The zero-order valence-corrected chi connectivity index (χ0v) is 14.2. The summed E-state index contributed by atoms with van der Waals surface area (Å²) in [6, 6.07) is 35.7. The molecule has 0 fully saturated rings. The van der Waals surface area contributed by atoms with Crippen molar-refractivity contribution in [3.8, 4) is 34.1 Å². The molecular weight excluding hydrogens is 320 g/mol. The van der Waals surface area contributed by atoms with E-state index in [0.29, 0.717) is 0 Å². The van der Waals surface area contributed by atoms with Crippen LogP contribution in [0.4, 0.5) is 0 Å². The van der Waals surface area contributed by atoms with Gasteiger partial charge in [0.1, 0.15) is 23.0 Å². The monoisotopic (exact) mass is 338 g/mol. The second-order valence-electron chi connectivity index (χ2n) is 5.85. The zero-order chi connectivity index (χ0) is 17.6. The van der Waals surface area contributed by atoms with E-state index in [1.165, 1.54) is 0 Å². The van der Waals surface area contributed by atoms with Crippen molar-refractivity contribution in [2.75, 3.05) is 0 Å². The number of hydrogen-bond acceptors (Lipinski definition) is 2. The summed E-state index contributed by atoms with van der Waals surface area (Å²) in [4.78, 5) is 0. The van der Waals surface area contributed by atoms with Crippen LogP contribution in [0.1, 0.15) is 0 Å². The van der Waals surface area contributed by atoms with Gasteiger partial charge in [0.05, 0.1) is 0 Å². The first-order valence-corrected chi connectivity index (χ1v) is 8.54. The lowest BCUT2D eigenvalue weighted by Crippen LogP contribution is -1.89. The fourth-order valence-electron chi connectivity index (χ4n) is 2.74. The van der Waals surface area contributed by atoms with Crippen molar-refractivity contribution in [3.05, 3.63) is 109 Å². The Morgan fingerprint density at radius 3 is 1.58 bits per heavy atom. The standard InChI is InChI=1S/C24H18O2/c1-3-9-19(10-4-1)23-13-7-8-14-24(23)26-22-17-15-21(16-18-22)25-20-11-5-2-6-12-20/h1-18H. The number of ether oxygens (including phenoxy) is 2. The highest BCUT2D eigenvalue weighted by Crippen LogP contribution is 2.34. The number of para-hydroxylation sites is 2. The largest absolute Gasteiger partial charge is 0.457 e. The topological polar surface area (TPSA) is 18.5 Å². The van der Waals surface area contributed by atoms with Gasteiger partial charge in [-0.15, -0.1) is 0 Å². The SMILES string of the molecule is c1ccc(Oc2ccc(Oc3ccccc3-c3ccccc3)cc2)cc1. The summed E-state index contributed by atoms with van der Waals surface area (Å²) in [5.74, 6) is 3.19. The lowest BCUT2D eigenvalue weighted by molar-refractivity contribution is 0.470. The third kappa shape index (κ3) is 3.76. The number of hydrogen-bond donors (Lipinski definition) is 0. The van der Waals surface area contributed by atoms with Gasteiger partial charge in [0.25, 0.3) is 0 Å². The maximum atomic E-state index is 6.11. The van der Waals surface area contributed by atoms with Crippen molar-refractivity contribution in [2.24, 2.45) is 0 Å². The van der Waals surface area contributed by atoms with Crippen molar-refractivity contribution in [1.29, 1.82) is 0 Å². The van der Waals surface area contributed by atoms with Crippen LogP contribution in [-0.4, -0.2) is 0 Å². The fraction of sp³-hybridized carbons (Fsp3) is 0. The van der Waals surface area contributed by atoms with Gasteiger partial charge in [-0.25, -0.2) is 0 Å². The van der Waals surface area contributed by atoms with Gasteiger partial charge in [-0.2, -0.15) is 0 Å². The van der Waals surface area contributed by atoms with Gasteiger partial charge in [0.2, 0.25) is 0 Å². The van der Waals surface area contributed by atoms with Crippen molar-refractivity contribution < 1.29 is 9.47 Å². The Kier molecular flexibility index (Phi) is 4.66. The molecule has 0 aliphatic heterocycles. The molecule has 2 nitrogen and oxygen atoms in total. The van der Waals surface area contributed by atoms with Crippen LogP contribution in [0.5, 0.6) is 23.0 Å². The minimum Gasteiger partial charge on any atom is -0.457 e. The van der Waals surface area contributed by atoms with Gasteiger partial charge < -0.3 is 9.47 Å². The second-order valence-corrected chi connectivity index (χ2v) is 5.85. The van der Waals surface area contributed by atoms with Crippen LogP contribution >= 0.6 is 0 Å². The second kappa shape index (κ2) is 7.58. The first-order chi connectivity index (χ1) is 12.9. The van der Waals surface area contributed by atoms with E-state index < -0.39 is 0 Å². The zero-order valence-electron chi connectivity index (χ0n) is 14.2. The summed E-state index contributed by atoms with van der Waals surface area (Å²) >= 11 is 0. The lowest BCUT2D eigenvalue weighted by atomic mass is 10.1. The van der Waals surface area contributed by atoms with Crippen molar-refractivity contribution >= 4 is 0 Å². The predicted molar refractivity (Wildman–Crippen MR) is 105 cm³/mol. The molecule has 0 heterocycles. The van der Waals surface area contributed by atoms with E-state index in [-0.39, 0.29) is 0 Å². The average molecular weight is 338 g/mol. The Hall–Kier alpha value is -3.52. The molecule has 0 atom stereocenters. The van der Waals surface area contributed by atoms with Crippen LogP contribution in [0.15, 0.2) is 109 Å². The van der Waals surface area contributed by atoms with Crippen LogP contribution in [0, 0.1) is 0 Å². The molecule has 0 spiro atoms. The first kappa shape index (κ1) is 16.0. The summed E-state index contributed by atoms with van der Waals surface area (Å²) in [6.45, 7) is 0. The summed E-state index contributed by atoms with van der Waals surface area (Å²) in [5.41, 5.74) is 2.20. The predicted octanol–water partition coefficient (Wildman–Crippen LogP) is 6.94. The highest BCUT2D eigenvalue weighted by atomic mass is 16.5. The van der Waals surface area contributed by atoms with E-state index in [1.54, 1.807) is 0 Å². The van der Waals surface area contributed by atoms with E-state index in [2.05, 4.69) is 18.2 Å². The minimum atomic E-state index is 0.772. The van der Waals surface area contributed by atoms with Gasteiger partial charge in [-0.1, -0.05) is 66.7 Å². The number of rotatable bonds is 5. The van der Waals surface area contributed by atoms with Gasteiger partial charge in [-0.05, 0) is 48.0 Å². The van der Waals surface area contributed by atoms with E-state index in [1.807, 2.05) is 91.0 Å². The molecule has 0 aromatic heterocycles. The molecule has 126 valence electrons. The maximum absolute atomic E-state index is 6.11. The van der Waals surface area contributed by atoms with Gasteiger partial charge >= 0.3 is 0 Å². The Bertz CT molecular complexity index is 962. The molecule has 0 aliphatic carbocycles. The molecular formula is C24H18O2. The van der Waals surface area contributed by atoms with Crippen LogP contribution in [0.2, 0.25) is 0 Å². The fourth-order valence-corrected chi connectivity index (χ4v) is 2.74. The molecule has 0 unspecified atom stereocenters. The van der Waals surface area contributed by atoms with Crippen molar-refractivity contribution in [3.63, 3.8) is 0 Å². The molecule has 0 bridgehead atoms. The van der Waals surface area contributed by atoms with Gasteiger partial charge in [0, 0.05) is 5.56 Å². The quantitative estimate of drug-likeness (QED) is 0.392.